The second-order valence-electron chi connectivity index (χ2n) is 3.40. The van der Waals surface area contributed by atoms with Gasteiger partial charge >= 0.3 is 5.97 Å². The Morgan fingerprint density at radius 1 is 1.75 bits per heavy atom. The fourth-order valence-corrected chi connectivity index (χ4v) is 1.24. The number of carboxylic acid groups (broad SMARTS) is 1. The van der Waals surface area contributed by atoms with Crippen LogP contribution in [0.5, 0.6) is 0 Å². The minimum absolute atomic E-state index is 0.107. The van der Waals surface area contributed by atoms with E-state index in [0.717, 1.165) is 0 Å². The Hall–Kier alpha value is -0.290. The molecule has 0 spiro atoms. The number of hydrogen-bond acceptors (Lipinski definition) is 3. The average molecular weight is 195 g/mol. The zero-order valence-corrected chi connectivity index (χ0v) is 8.03. The summed E-state index contributed by atoms with van der Waals surface area (Å²) in [7, 11) is 0. The smallest absolute Gasteiger partial charge is 0.304 e. The van der Waals surface area contributed by atoms with E-state index in [-0.39, 0.29) is 18.6 Å². The van der Waals surface area contributed by atoms with Crippen LogP contribution in [0.3, 0.4) is 0 Å². The predicted octanol–water partition coefficient (Wildman–Crippen LogP) is 1.57. The molecule has 0 aromatic heterocycles. The van der Waals surface area contributed by atoms with Gasteiger partial charge in [0, 0.05) is 10.8 Å². The Balaban J connectivity index is 3.83. The monoisotopic (exact) mass is 195 g/mol. The fraction of sp³-hybridized carbons (Fsp3) is 0.857. The molecule has 0 unspecified atom stereocenters. The van der Waals surface area contributed by atoms with Crippen LogP contribution in [0, 0.1) is 0 Å². The summed E-state index contributed by atoms with van der Waals surface area (Å²) in [4.78, 5) is 10.2. The molecule has 3 N–H and O–H groups in total. The predicted molar refractivity (Wildman–Crippen MR) is 47.6 cm³/mol. The summed E-state index contributed by atoms with van der Waals surface area (Å²) in [6.45, 7) is 3.39. The Labute approximate surface area is 75.8 Å². The van der Waals surface area contributed by atoms with E-state index >= 15 is 0 Å². The quantitative estimate of drug-likeness (QED) is 0.699. The molecule has 0 saturated heterocycles. The van der Waals surface area contributed by atoms with Crippen molar-refractivity contribution in [2.75, 3.05) is 0 Å². The summed E-state index contributed by atoms with van der Waals surface area (Å²) >= 11 is 0.210. The van der Waals surface area contributed by atoms with Crippen LogP contribution >= 0.6 is 12.1 Å². The number of rotatable bonds is 5. The Kier molecular flexibility index (Phi) is 4.55. The van der Waals surface area contributed by atoms with Crippen LogP contribution in [-0.4, -0.2) is 21.9 Å². The van der Waals surface area contributed by atoms with Gasteiger partial charge in [0.25, 0.3) is 0 Å². The minimum atomic E-state index is -0.942. The van der Waals surface area contributed by atoms with Crippen molar-refractivity contribution in [2.24, 2.45) is 5.73 Å². The minimum Gasteiger partial charge on any atom is -0.481 e. The highest BCUT2D eigenvalue weighted by atomic mass is 32.2. The molecule has 0 saturated carbocycles. The molecule has 1 atom stereocenters. The van der Waals surface area contributed by atoms with Crippen LogP contribution in [0.15, 0.2) is 0 Å². The molecule has 0 aliphatic carbocycles. The Bertz CT molecular complexity index is 163. The molecule has 0 aliphatic heterocycles. The summed E-state index contributed by atoms with van der Waals surface area (Å²) in [5, 5.41) is 8.37. The number of carbonyl (C=O) groups is 1. The molecular weight excluding hydrogens is 181 g/mol. The molecule has 0 aliphatic rings. The summed E-state index contributed by atoms with van der Waals surface area (Å²) in [6.07, 6.45) is 0.254. The SMILES string of the molecule is CC(C)(C[C@@H](N)CC(=O)O)SF. The van der Waals surface area contributed by atoms with Gasteiger partial charge in [-0.1, -0.05) is 0 Å². The van der Waals surface area contributed by atoms with Crippen molar-refractivity contribution in [1.29, 1.82) is 0 Å². The van der Waals surface area contributed by atoms with Crippen molar-refractivity contribution in [2.45, 2.75) is 37.5 Å². The van der Waals surface area contributed by atoms with E-state index in [9.17, 15) is 8.68 Å². The van der Waals surface area contributed by atoms with Crippen LogP contribution in [-0.2, 0) is 4.79 Å². The van der Waals surface area contributed by atoms with Crippen LogP contribution < -0.4 is 5.73 Å². The van der Waals surface area contributed by atoms with Gasteiger partial charge in [-0.25, -0.2) is 0 Å². The highest BCUT2D eigenvalue weighted by molar-refractivity contribution is 7.95. The van der Waals surface area contributed by atoms with Crippen molar-refractivity contribution in [3.05, 3.63) is 0 Å². The van der Waals surface area contributed by atoms with E-state index in [4.69, 9.17) is 10.8 Å². The summed E-state index contributed by atoms with van der Waals surface area (Å²) in [5.74, 6) is -0.942. The third-order valence-electron chi connectivity index (χ3n) is 1.40. The van der Waals surface area contributed by atoms with Gasteiger partial charge < -0.3 is 10.8 Å². The van der Waals surface area contributed by atoms with Gasteiger partial charge in [-0.3, -0.25) is 4.79 Å². The summed E-state index contributed by atoms with van der Waals surface area (Å²) < 4.78 is 11.6. The zero-order chi connectivity index (χ0) is 9.78. The van der Waals surface area contributed by atoms with Crippen LogP contribution in [0.2, 0.25) is 0 Å². The molecule has 72 valence electrons. The molecule has 5 heteroatoms. The van der Waals surface area contributed by atoms with Gasteiger partial charge in [0.2, 0.25) is 0 Å². The van der Waals surface area contributed by atoms with Gasteiger partial charge in [0.1, 0.15) is 0 Å². The standard InChI is InChI=1S/C7H14FNO2S/c1-7(2,12-8)4-5(9)3-6(10)11/h5H,3-4,9H2,1-2H3,(H,10,11)/t5-/m0/s1. The third kappa shape index (κ3) is 5.37. The molecule has 0 fully saturated rings. The van der Waals surface area contributed by atoms with Crippen LogP contribution in [0.4, 0.5) is 3.89 Å². The normalized spacial score (nSPS) is 14.3. The largest absolute Gasteiger partial charge is 0.481 e. The van der Waals surface area contributed by atoms with E-state index < -0.39 is 16.8 Å². The lowest BCUT2D eigenvalue weighted by atomic mass is 10.0. The Morgan fingerprint density at radius 3 is 2.58 bits per heavy atom. The molecule has 0 aromatic carbocycles. The van der Waals surface area contributed by atoms with Gasteiger partial charge in [-0.05, 0) is 20.3 Å². The summed E-state index contributed by atoms with van der Waals surface area (Å²) in [5.41, 5.74) is 5.48. The van der Waals surface area contributed by atoms with Crippen molar-refractivity contribution in [3.8, 4) is 0 Å². The highest BCUT2D eigenvalue weighted by Gasteiger charge is 2.23. The maximum Gasteiger partial charge on any atom is 0.304 e. The van der Waals surface area contributed by atoms with Crippen molar-refractivity contribution >= 4 is 18.1 Å². The van der Waals surface area contributed by atoms with Crippen molar-refractivity contribution in [3.63, 3.8) is 0 Å². The lowest BCUT2D eigenvalue weighted by Gasteiger charge is -2.21. The first-order chi connectivity index (χ1) is 5.37. The first kappa shape index (κ1) is 11.7. The van der Waals surface area contributed by atoms with Gasteiger partial charge in [0.15, 0.2) is 0 Å². The maximum atomic E-state index is 12.2. The average Bonchev–Trinajstić information content (AvgIpc) is 1.84. The van der Waals surface area contributed by atoms with Crippen molar-refractivity contribution < 1.29 is 13.8 Å². The number of carboxylic acids is 1. The van der Waals surface area contributed by atoms with E-state index in [0.29, 0.717) is 6.42 Å². The van der Waals surface area contributed by atoms with E-state index in [2.05, 4.69) is 0 Å². The third-order valence-corrected chi connectivity index (χ3v) is 1.98. The van der Waals surface area contributed by atoms with Crippen LogP contribution in [0.25, 0.3) is 0 Å². The molecule has 0 amide bonds. The lowest BCUT2D eigenvalue weighted by Crippen LogP contribution is -2.31. The van der Waals surface area contributed by atoms with E-state index in [1.54, 1.807) is 13.8 Å². The topological polar surface area (TPSA) is 63.3 Å². The first-order valence-electron chi connectivity index (χ1n) is 3.64. The molecule has 0 aromatic rings. The number of hydrogen-bond donors (Lipinski definition) is 2. The second kappa shape index (κ2) is 4.67. The molecule has 3 nitrogen and oxygen atoms in total. The highest BCUT2D eigenvalue weighted by Crippen LogP contribution is 2.29. The van der Waals surface area contributed by atoms with Gasteiger partial charge in [-0.15, -0.1) is 0 Å². The second-order valence-corrected chi connectivity index (χ2v) is 4.66. The number of halogens is 1. The number of nitrogens with two attached hydrogens (primary N) is 1. The first-order valence-corrected chi connectivity index (χ1v) is 4.36. The van der Waals surface area contributed by atoms with Gasteiger partial charge in [-0.2, -0.15) is 3.89 Å². The Morgan fingerprint density at radius 2 is 2.25 bits per heavy atom. The molecule has 0 rings (SSSR count). The molecule has 0 bridgehead atoms. The zero-order valence-electron chi connectivity index (χ0n) is 7.21. The fourth-order valence-electron chi connectivity index (χ4n) is 0.959. The molecular formula is C7H14FNO2S. The summed E-state index contributed by atoms with van der Waals surface area (Å²) in [6, 6.07) is -0.472. The van der Waals surface area contributed by atoms with E-state index in [1.807, 2.05) is 0 Å². The van der Waals surface area contributed by atoms with Crippen molar-refractivity contribution in [1.82, 2.24) is 0 Å². The molecule has 0 heterocycles. The number of aliphatic carboxylic acids is 1. The lowest BCUT2D eigenvalue weighted by molar-refractivity contribution is -0.137. The van der Waals surface area contributed by atoms with Gasteiger partial charge in [0.05, 0.1) is 18.6 Å². The van der Waals surface area contributed by atoms with E-state index in [1.165, 1.54) is 0 Å². The molecule has 0 radical (unpaired) electrons. The van der Waals surface area contributed by atoms with Crippen LogP contribution in [0.1, 0.15) is 26.7 Å². The molecule has 12 heavy (non-hydrogen) atoms. The maximum absolute atomic E-state index is 12.2.